The number of para-hydroxylation sites is 1. The van der Waals surface area contributed by atoms with E-state index in [2.05, 4.69) is 6.07 Å². The van der Waals surface area contributed by atoms with Gasteiger partial charge in [0.2, 0.25) is 0 Å². The van der Waals surface area contributed by atoms with Crippen LogP contribution in [0.15, 0.2) is 48.5 Å². The summed E-state index contributed by atoms with van der Waals surface area (Å²) in [6, 6.07) is 18.0. The second-order valence-electron chi connectivity index (χ2n) is 4.21. The van der Waals surface area contributed by atoms with Gasteiger partial charge in [-0.3, -0.25) is 0 Å². The molecule has 0 aliphatic rings. The Morgan fingerprint density at radius 2 is 1.72 bits per heavy atom. The average Bonchev–Trinajstić information content (AvgIpc) is 2.42. The summed E-state index contributed by atoms with van der Waals surface area (Å²) in [6.07, 6.45) is 0. The predicted octanol–water partition coefficient (Wildman–Crippen LogP) is 3.66. The van der Waals surface area contributed by atoms with E-state index in [1.165, 1.54) is 5.56 Å². The second-order valence-corrected chi connectivity index (χ2v) is 4.21. The lowest BCUT2D eigenvalue weighted by atomic mass is 9.91. The van der Waals surface area contributed by atoms with Crippen LogP contribution in [-0.4, -0.2) is 7.11 Å². The van der Waals surface area contributed by atoms with Crippen molar-refractivity contribution in [2.45, 2.75) is 12.8 Å². The molecule has 0 amide bonds. The summed E-state index contributed by atoms with van der Waals surface area (Å²) in [4.78, 5) is 0. The van der Waals surface area contributed by atoms with Gasteiger partial charge in [-0.25, -0.2) is 0 Å². The first-order chi connectivity index (χ1) is 8.76. The molecule has 0 aliphatic heterocycles. The van der Waals surface area contributed by atoms with Crippen LogP contribution in [0.3, 0.4) is 0 Å². The summed E-state index contributed by atoms with van der Waals surface area (Å²) in [5, 5.41) is 9.42. The minimum Gasteiger partial charge on any atom is -0.496 e. The van der Waals surface area contributed by atoms with E-state index in [-0.39, 0.29) is 5.92 Å². The maximum absolute atomic E-state index is 9.42. The number of ether oxygens (including phenoxy) is 1. The highest BCUT2D eigenvalue weighted by Crippen LogP contribution is 2.31. The van der Waals surface area contributed by atoms with Gasteiger partial charge in [0, 0.05) is 5.56 Å². The summed E-state index contributed by atoms with van der Waals surface area (Å²) in [7, 11) is 1.63. The van der Waals surface area contributed by atoms with Gasteiger partial charge in [0.25, 0.3) is 0 Å². The van der Waals surface area contributed by atoms with Gasteiger partial charge in [-0.15, -0.1) is 0 Å². The first-order valence-corrected chi connectivity index (χ1v) is 5.85. The summed E-state index contributed by atoms with van der Waals surface area (Å²) >= 11 is 0. The van der Waals surface area contributed by atoms with Crippen molar-refractivity contribution in [2.75, 3.05) is 7.11 Å². The molecular formula is C16H15NO. The third-order valence-electron chi connectivity index (χ3n) is 2.99. The standard InChI is InChI=1S/C16H15NO/c1-12-7-9-13(10-8-12)15(11-17)14-5-3-4-6-16(14)18-2/h3-10,15H,1-2H3. The average molecular weight is 237 g/mol. The summed E-state index contributed by atoms with van der Waals surface area (Å²) in [5.41, 5.74) is 3.09. The number of nitriles is 1. The smallest absolute Gasteiger partial charge is 0.123 e. The Hall–Kier alpha value is -2.27. The monoisotopic (exact) mass is 237 g/mol. The highest BCUT2D eigenvalue weighted by atomic mass is 16.5. The first-order valence-electron chi connectivity index (χ1n) is 5.85. The third-order valence-corrected chi connectivity index (χ3v) is 2.99. The van der Waals surface area contributed by atoms with Crippen LogP contribution in [0.4, 0.5) is 0 Å². The normalized spacial score (nSPS) is 11.6. The van der Waals surface area contributed by atoms with Gasteiger partial charge in [0.1, 0.15) is 5.75 Å². The molecule has 0 fully saturated rings. The Labute approximate surface area is 107 Å². The number of nitrogens with zero attached hydrogens (tertiary/aromatic N) is 1. The number of benzene rings is 2. The third kappa shape index (κ3) is 2.36. The molecule has 2 nitrogen and oxygen atoms in total. The number of rotatable bonds is 3. The van der Waals surface area contributed by atoms with Crippen LogP contribution in [0.5, 0.6) is 5.75 Å². The zero-order valence-corrected chi connectivity index (χ0v) is 10.6. The molecule has 0 saturated carbocycles. The fourth-order valence-corrected chi connectivity index (χ4v) is 1.99. The van der Waals surface area contributed by atoms with Crippen molar-refractivity contribution in [3.8, 4) is 11.8 Å². The molecule has 2 heteroatoms. The quantitative estimate of drug-likeness (QED) is 0.816. The molecule has 0 spiro atoms. The molecule has 2 rings (SSSR count). The molecule has 2 aromatic carbocycles. The molecule has 0 radical (unpaired) electrons. The van der Waals surface area contributed by atoms with Crippen LogP contribution in [0.1, 0.15) is 22.6 Å². The van der Waals surface area contributed by atoms with Gasteiger partial charge in [0.15, 0.2) is 0 Å². The first kappa shape index (κ1) is 12.2. The largest absolute Gasteiger partial charge is 0.496 e. The van der Waals surface area contributed by atoms with Crippen LogP contribution in [-0.2, 0) is 0 Å². The number of methoxy groups -OCH3 is 1. The van der Waals surface area contributed by atoms with Gasteiger partial charge in [0.05, 0.1) is 19.1 Å². The van der Waals surface area contributed by atoms with Crippen LogP contribution in [0.25, 0.3) is 0 Å². The minimum atomic E-state index is -0.290. The molecule has 0 aliphatic carbocycles. The SMILES string of the molecule is COc1ccccc1C(C#N)c1ccc(C)cc1. The van der Waals surface area contributed by atoms with E-state index in [1.54, 1.807) is 7.11 Å². The Balaban J connectivity index is 2.46. The zero-order valence-electron chi connectivity index (χ0n) is 10.6. The van der Waals surface area contributed by atoms with E-state index < -0.39 is 0 Å². The fraction of sp³-hybridized carbons (Fsp3) is 0.188. The molecule has 18 heavy (non-hydrogen) atoms. The Kier molecular flexibility index (Phi) is 3.64. The minimum absolute atomic E-state index is 0.290. The van der Waals surface area contributed by atoms with Gasteiger partial charge in [-0.1, -0.05) is 48.0 Å². The van der Waals surface area contributed by atoms with E-state index >= 15 is 0 Å². The summed E-state index contributed by atoms with van der Waals surface area (Å²) in [6.45, 7) is 2.04. The number of hydrogen-bond donors (Lipinski definition) is 0. The lowest BCUT2D eigenvalue weighted by Gasteiger charge is -2.14. The van der Waals surface area contributed by atoms with Crippen molar-refractivity contribution in [3.63, 3.8) is 0 Å². The molecule has 0 N–H and O–H groups in total. The highest BCUT2D eigenvalue weighted by Gasteiger charge is 2.16. The van der Waals surface area contributed by atoms with Crippen molar-refractivity contribution >= 4 is 0 Å². The molecule has 0 bridgehead atoms. The Bertz CT molecular complexity index is 566. The molecule has 0 saturated heterocycles. The lowest BCUT2D eigenvalue weighted by molar-refractivity contribution is 0.409. The maximum atomic E-state index is 9.42. The second kappa shape index (κ2) is 5.37. The summed E-state index contributed by atoms with van der Waals surface area (Å²) in [5.74, 6) is 0.464. The van der Waals surface area contributed by atoms with E-state index in [0.29, 0.717) is 0 Å². The topological polar surface area (TPSA) is 33.0 Å². The number of hydrogen-bond acceptors (Lipinski definition) is 2. The van der Waals surface area contributed by atoms with Crippen LogP contribution < -0.4 is 4.74 Å². The van der Waals surface area contributed by atoms with E-state index in [1.807, 2.05) is 55.5 Å². The zero-order chi connectivity index (χ0) is 13.0. The van der Waals surface area contributed by atoms with Crippen LogP contribution in [0, 0.1) is 18.3 Å². The molecule has 0 heterocycles. The van der Waals surface area contributed by atoms with E-state index in [9.17, 15) is 5.26 Å². The molecule has 1 unspecified atom stereocenters. The van der Waals surface area contributed by atoms with Crippen molar-refractivity contribution in [1.29, 1.82) is 5.26 Å². The van der Waals surface area contributed by atoms with Gasteiger partial charge in [-0.05, 0) is 18.6 Å². The molecular weight excluding hydrogens is 222 g/mol. The van der Waals surface area contributed by atoms with Crippen LogP contribution >= 0.6 is 0 Å². The molecule has 90 valence electrons. The van der Waals surface area contributed by atoms with Crippen LogP contribution in [0.2, 0.25) is 0 Å². The highest BCUT2D eigenvalue weighted by molar-refractivity contribution is 5.46. The van der Waals surface area contributed by atoms with E-state index in [4.69, 9.17) is 4.74 Å². The van der Waals surface area contributed by atoms with Crippen molar-refractivity contribution in [2.24, 2.45) is 0 Å². The predicted molar refractivity (Wildman–Crippen MR) is 71.6 cm³/mol. The Morgan fingerprint density at radius 3 is 2.33 bits per heavy atom. The molecule has 1 atom stereocenters. The van der Waals surface area contributed by atoms with Crippen molar-refractivity contribution in [3.05, 3.63) is 65.2 Å². The Morgan fingerprint density at radius 1 is 1.06 bits per heavy atom. The number of aryl methyl sites for hydroxylation is 1. The van der Waals surface area contributed by atoms with Gasteiger partial charge < -0.3 is 4.74 Å². The molecule has 0 aromatic heterocycles. The summed E-state index contributed by atoms with van der Waals surface area (Å²) < 4.78 is 5.32. The fourth-order valence-electron chi connectivity index (χ4n) is 1.99. The lowest BCUT2D eigenvalue weighted by Crippen LogP contribution is -2.01. The van der Waals surface area contributed by atoms with Gasteiger partial charge >= 0.3 is 0 Å². The van der Waals surface area contributed by atoms with Crippen molar-refractivity contribution < 1.29 is 4.74 Å². The molecule has 2 aromatic rings. The van der Waals surface area contributed by atoms with Crippen molar-refractivity contribution in [1.82, 2.24) is 0 Å². The van der Waals surface area contributed by atoms with E-state index in [0.717, 1.165) is 16.9 Å². The maximum Gasteiger partial charge on any atom is 0.123 e. The van der Waals surface area contributed by atoms with Gasteiger partial charge in [-0.2, -0.15) is 5.26 Å².